The first-order valence-corrected chi connectivity index (χ1v) is 5.45. The van der Waals surface area contributed by atoms with Crippen LogP contribution >= 0.6 is 11.6 Å². The van der Waals surface area contributed by atoms with Crippen molar-refractivity contribution >= 4 is 11.6 Å². The van der Waals surface area contributed by atoms with Gasteiger partial charge in [-0.15, -0.1) is 0 Å². The number of hydrogen-bond donors (Lipinski definition) is 1. The van der Waals surface area contributed by atoms with Gasteiger partial charge in [0.25, 0.3) is 0 Å². The van der Waals surface area contributed by atoms with E-state index in [1.54, 1.807) is 0 Å². The summed E-state index contributed by atoms with van der Waals surface area (Å²) in [6, 6.07) is 0.826. The van der Waals surface area contributed by atoms with E-state index >= 15 is 0 Å². The van der Waals surface area contributed by atoms with Gasteiger partial charge in [-0.3, -0.25) is 0 Å². The molecule has 1 fully saturated rings. The van der Waals surface area contributed by atoms with Crippen LogP contribution in [0.15, 0.2) is 12.3 Å². The molecule has 1 saturated heterocycles. The van der Waals surface area contributed by atoms with Crippen LogP contribution in [-0.2, 0) is 6.18 Å². The summed E-state index contributed by atoms with van der Waals surface area (Å²) in [7, 11) is 0. The highest BCUT2D eigenvalue weighted by Gasteiger charge is 2.32. The predicted octanol–water partition coefficient (Wildman–Crippen LogP) is 2.49. The monoisotopic (exact) mass is 266 g/mol. The molecule has 7 heteroatoms. The molecule has 3 nitrogen and oxygen atoms in total. The van der Waals surface area contributed by atoms with Gasteiger partial charge in [-0.05, 0) is 19.0 Å². The van der Waals surface area contributed by atoms with Gasteiger partial charge in [0.15, 0.2) is 0 Å². The fourth-order valence-corrected chi connectivity index (χ4v) is 1.76. The highest BCUT2D eigenvalue weighted by atomic mass is 35.5. The molecule has 0 spiro atoms. The lowest BCUT2D eigenvalue weighted by molar-refractivity contribution is -0.137. The van der Waals surface area contributed by atoms with Crippen molar-refractivity contribution in [1.29, 1.82) is 0 Å². The Morgan fingerprint density at radius 1 is 1.47 bits per heavy atom. The third-order valence-electron chi connectivity index (χ3n) is 2.43. The molecule has 1 atom stereocenters. The first-order chi connectivity index (χ1) is 7.97. The lowest BCUT2D eigenvalue weighted by Crippen LogP contribution is -2.20. The average Bonchev–Trinajstić information content (AvgIpc) is 2.72. The molecule has 17 heavy (non-hydrogen) atoms. The Balaban J connectivity index is 2.14. The molecule has 0 aromatic carbocycles. The number of halogens is 4. The Bertz CT molecular complexity index is 405. The zero-order valence-electron chi connectivity index (χ0n) is 8.72. The summed E-state index contributed by atoms with van der Waals surface area (Å²) in [6.07, 6.45) is -3.01. The zero-order chi connectivity index (χ0) is 12.5. The van der Waals surface area contributed by atoms with E-state index in [2.05, 4.69) is 10.3 Å². The fraction of sp³-hybridized carbons (Fsp3) is 0.500. The molecule has 0 radical (unpaired) electrons. The van der Waals surface area contributed by atoms with Crippen LogP contribution in [0.25, 0.3) is 0 Å². The summed E-state index contributed by atoms with van der Waals surface area (Å²) in [5, 5.41) is 2.95. The lowest BCUT2D eigenvalue weighted by atomic mass is 10.3. The maximum atomic E-state index is 12.4. The van der Waals surface area contributed by atoms with Crippen molar-refractivity contribution in [3.05, 3.63) is 22.8 Å². The van der Waals surface area contributed by atoms with Crippen LogP contribution in [0.3, 0.4) is 0 Å². The molecule has 94 valence electrons. The van der Waals surface area contributed by atoms with Crippen molar-refractivity contribution < 1.29 is 17.9 Å². The third-order valence-corrected chi connectivity index (χ3v) is 2.70. The van der Waals surface area contributed by atoms with Crippen LogP contribution < -0.4 is 10.1 Å². The largest absolute Gasteiger partial charge is 0.472 e. The molecule has 1 N–H and O–H groups in total. The zero-order valence-corrected chi connectivity index (χ0v) is 9.48. The third kappa shape index (κ3) is 3.01. The molecule has 0 aliphatic carbocycles. The minimum Gasteiger partial charge on any atom is -0.472 e. The van der Waals surface area contributed by atoms with Crippen LogP contribution in [0.2, 0.25) is 5.02 Å². The van der Waals surface area contributed by atoms with Crippen LogP contribution in [0, 0.1) is 0 Å². The molecular weight excluding hydrogens is 257 g/mol. The number of ether oxygens (including phenoxy) is 1. The summed E-state index contributed by atoms with van der Waals surface area (Å²) in [5.74, 6) is 0.0494. The van der Waals surface area contributed by atoms with Crippen LogP contribution in [-0.4, -0.2) is 24.2 Å². The molecular formula is C10H10ClF3N2O. The van der Waals surface area contributed by atoms with Crippen LogP contribution in [0.1, 0.15) is 12.0 Å². The second-order valence-corrected chi connectivity index (χ2v) is 4.15. The standard InChI is InChI=1S/C10H10ClF3N2O/c11-8-3-6(10(12,13)14)4-16-9(8)17-7-1-2-15-5-7/h3-4,7,15H,1-2,5H2. The van der Waals surface area contributed by atoms with Gasteiger partial charge in [0, 0.05) is 12.7 Å². The van der Waals surface area contributed by atoms with Gasteiger partial charge in [-0.1, -0.05) is 11.6 Å². The Morgan fingerprint density at radius 2 is 2.24 bits per heavy atom. The van der Waals surface area contributed by atoms with Crippen molar-refractivity contribution in [3.8, 4) is 5.88 Å². The van der Waals surface area contributed by atoms with Crippen LogP contribution in [0.5, 0.6) is 5.88 Å². The van der Waals surface area contributed by atoms with Gasteiger partial charge in [0.05, 0.1) is 5.56 Å². The number of hydrogen-bond acceptors (Lipinski definition) is 3. The highest BCUT2D eigenvalue weighted by molar-refractivity contribution is 6.31. The highest BCUT2D eigenvalue weighted by Crippen LogP contribution is 2.33. The van der Waals surface area contributed by atoms with Gasteiger partial charge in [-0.2, -0.15) is 13.2 Å². The molecule has 1 aromatic heterocycles. The minimum atomic E-state index is -4.44. The van der Waals surface area contributed by atoms with Gasteiger partial charge in [-0.25, -0.2) is 4.98 Å². The second-order valence-electron chi connectivity index (χ2n) is 3.74. The van der Waals surface area contributed by atoms with E-state index in [4.69, 9.17) is 16.3 Å². The van der Waals surface area contributed by atoms with Crippen molar-refractivity contribution in [2.75, 3.05) is 13.1 Å². The second kappa shape index (κ2) is 4.70. The minimum absolute atomic E-state index is 0.0494. The summed E-state index contributed by atoms with van der Waals surface area (Å²) >= 11 is 5.71. The normalized spacial score (nSPS) is 20.6. The molecule has 1 aliphatic rings. The Kier molecular flexibility index (Phi) is 3.44. The number of alkyl halides is 3. The summed E-state index contributed by atoms with van der Waals surface area (Å²) < 4.78 is 42.5. The predicted molar refractivity (Wildman–Crippen MR) is 56.2 cm³/mol. The van der Waals surface area contributed by atoms with E-state index in [1.807, 2.05) is 0 Å². The summed E-state index contributed by atoms with van der Waals surface area (Å²) in [6.45, 7) is 1.47. The lowest BCUT2D eigenvalue weighted by Gasteiger charge is -2.13. The summed E-state index contributed by atoms with van der Waals surface area (Å²) in [4.78, 5) is 3.61. The smallest absolute Gasteiger partial charge is 0.417 e. The number of nitrogens with one attached hydrogen (secondary N) is 1. The first-order valence-electron chi connectivity index (χ1n) is 5.07. The Hall–Kier alpha value is -1.01. The van der Waals surface area contributed by atoms with Crippen molar-refractivity contribution in [2.45, 2.75) is 18.7 Å². The molecule has 0 amide bonds. The van der Waals surface area contributed by atoms with Gasteiger partial charge in [0.2, 0.25) is 5.88 Å². The van der Waals surface area contributed by atoms with E-state index in [0.717, 1.165) is 25.2 Å². The van der Waals surface area contributed by atoms with E-state index in [0.29, 0.717) is 6.54 Å². The number of aromatic nitrogens is 1. The van der Waals surface area contributed by atoms with E-state index in [1.165, 1.54) is 0 Å². The van der Waals surface area contributed by atoms with Gasteiger partial charge in [0.1, 0.15) is 11.1 Å². The van der Waals surface area contributed by atoms with Crippen molar-refractivity contribution in [2.24, 2.45) is 0 Å². The first kappa shape index (κ1) is 12.4. The summed E-state index contributed by atoms with van der Waals surface area (Å²) in [5.41, 5.74) is -0.876. The molecule has 0 bridgehead atoms. The SMILES string of the molecule is FC(F)(F)c1cnc(OC2CCNC2)c(Cl)c1. The number of rotatable bonds is 2. The maximum Gasteiger partial charge on any atom is 0.417 e. The topological polar surface area (TPSA) is 34.1 Å². The number of nitrogens with zero attached hydrogens (tertiary/aromatic N) is 1. The van der Waals surface area contributed by atoms with E-state index < -0.39 is 11.7 Å². The Labute approximate surface area is 101 Å². The van der Waals surface area contributed by atoms with Crippen molar-refractivity contribution in [1.82, 2.24) is 10.3 Å². The molecule has 1 aliphatic heterocycles. The maximum absolute atomic E-state index is 12.4. The van der Waals surface area contributed by atoms with Gasteiger partial charge >= 0.3 is 6.18 Å². The van der Waals surface area contributed by atoms with Crippen LogP contribution in [0.4, 0.5) is 13.2 Å². The number of pyridine rings is 1. The van der Waals surface area contributed by atoms with E-state index in [-0.39, 0.29) is 17.0 Å². The molecule has 2 heterocycles. The Morgan fingerprint density at radius 3 is 2.76 bits per heavy atom. The molecule has 1 unspecified atom stereocenters. The fourth-order valence-electron chi connectivity index (χ4n) is 1.55. The molecule has 0 saturated carbocycles. The van der Waals surface area contributed by atoms with Gasteiger partial charge < -0.3 is 10.1 Å². The quantitative estimate of drug-likeness (QED) is 0.893. The average molecular weight is 267 g/mol. The molecule has 2 rings (SSSR count). The van der Waals surface area contributed by atoms with Crippen molar-refractivity contribution in [3.63, 3.8) is 0 Å². The molecule has 1 aromatic rings. The van der Waals surface area contributed by atoms with E-state index in [9.17, 15) is 13.2 Å².